The molecule has 0 bridgehead atoms. The third-order valence-corrected chi connectivity index (χ3v) is 6.72. The number of hydrogen-bond acceptors (Lipinski definition) is 1. The van der Waals surface area contributed by atoms with Crippen molar-refractivity contribution >= 4 is 5.97 Å². The van der Waals surface area contributed by atoms with Crippen LogP contribution in [0.25, 0.3) is 0 Å². The van der Waals surface area contributed by atoms with Crippen LogP contribution in [0.3, 0.4) is 0 Å². The van der Waals surface area contributed by atoms with Crippen molar-refractivity contribution < 1.29 is 9.90 Å². The normalized spacial score (nSPS) is 12.2. The molecule has 1 N–H and O–H groups in total. The fraction of sp³-hybridized carbons (Fsp3) is 0.735. The van der Waals surface area contributed by atoms with Crippen molar-refractivity contribution in [1.29, 1.82) is 0 Å². The first-order valence-corrected chi connectivity index (χ1v) is 15.6. The van der Waals surface area contributed by atoms with E-state index in [1.165, 1.54) is 116 Å². The lowest BCUT2D eigenvalue weighted by atomic mass is 10.0. The van der Waals surface area contributed by atoms with Crippen LogP contribution in [0.15, 0.2) is 48.6 Å². The number of unbranched alkanes of at least 4 members (excludes halogenated alkanes) is 18. The molecular formula is C34H60O2. The molecule has 0 aromatic carbocycles. The first-order valence-electron chi connectivity index (χ1n) is 15.6. The molecular weight excluding hydrogens is 440 g/mol. The summed E-state index contributed by atoms with van der Waals surface area (Å²) >= 11 is 0. The van der Waals surface area contributed by atoms with E-state index in [0.29, 0.717) is 6.42 Å². The van der Waals surface area contributed by atoms with E-state index in [0.717, 1.165) is 32.1 Å². The molecule has 0 spiro atoms. The highest BCUT2D eigenvalue weighted by molar-refractivity contribution is 5.66. The Morgan fingerprint density at radius 2 is 0.750 bits per heavy atom. The van der Waals surface area contributed by atoms with E-state index in [1.807, 2.05) is 0 Å². The second kappa shape index (κ2) is 31.5. The largest absolute Gasteiger partial charge is 0.481 e. The quantitative estimate of drug-likeness (QED) is 0.0856. The minimum absolute atomic E-state index is 0.339. The number of carboxylic acid groups (broad SMARTS) is 1. The van der Waals surface area contributed by atoms with E-state index in [9.17, 15) is 4.79 Å². The summed E-state index contributed by atoms with van der Waals surface area (Å²) in [4.78, 5) is 10.5. The van der Waals surface area contributed by atoms with E-state index in [-0.39, 0.29) is 0 Å². The van der Waals surface area contributed by atoms with Crippen molar-refractivity contribution in [1.82, 2.24) is 0 Å². The average molecular weight is 501 g/mol. The van der Waals surface area contributed by atoms with Crippen molar-refractivity contribution in [3.05, 3.63) is 48.6 Å². The summed E-state index contributed by atoms with van der Waals surface area (Å²) in [6, 6.07) is 0. The molecule has 0 saturated carbocycles. The summed E-state index contributed by atoms with van der Waals surface area (Å²) in [5, 5.41) is 8.62. The number of aliphatic carboxylic acids is 1. The van der Waals surface area contributed by atoms with Crippen molar-refractivity contribution in [2.75, 3.05) is 0 Å². The molecule has 208 valence electrons. The first kappa shape index (κ1) is 34.4. The molecule has 0 heterocycles. The lowest BCUT2D eigenvalue weighted by Gasteiger charge is -2.03. The average Bonchev–Trinajstić information content (AvgIpc) is 2.87. The number of rotatable bonds is 28. The van der Waals surface area contributed by atoms with Crippen molar-refractivity contribution in [2.24, 2.45) is 0 Å². The highest BCUT2D eigenvalue weighted by atomic mass is 16.4. The SMILES string of the molecule is CCCCC/C=C\C/C=C\C/C=C\C/C=C\CCCCCCCCCCCCCCCCCC(=O)O. The molecule has 2 nitrogen and oxygen atoms in total. The Bertz CT molecular complexity index is 556. The minimum Gasteiger partial charge on any atom is -0.481 e. The predicted molar refractivity (Wildman–Crippen MR) is 161 cm³/mol. The lowest BCUT2D eigenvalue weighted by molar-refractivity contribution is -0.137. The van der Waals surface area contributed by atoms with Crippen LogP contribution in [0.2, 0.25) is 0 Å². The van der Waals surface area contributed by atoms with Crippen LogP contribution in [0, 0.1) is 0 Å². The number of carboxylic acids is 1. The number of allylic oxidation sites excluding steroid dienone is 8. The summed E-state index contributed by atoms with van der Waals surface area (Å²) in [5.41, 5.74) is 0. The molecule has 0 amide bonds. The third-order valence-electron chi connectivity index (χ3n) is 6.72. The van der Waals surface area contributed by atoms with Crippen molar-refractivity contribution in [3.63, 3.8) is 0 Å². The Morgan fingerprint density at radius 1 is 0.444 bits per heavy atom. The Hall–Kier alpha value is -1.57. The smallest absolute Gasteiger partial charge is 0.303 e. The van der Waals surface area contributed by atoms with Crippen LogP contribution < -0.4 is 0 Å². The summed E-state index contributed by atoms with van der Waals surface area (Å²) in [6.07, 6.45) is 48.0. The van der Waals surface area contributed by atoms with Gasteiger partial charge in [-0.2, -0.15) is 0 Å². The molecule has 0 fully saturated rings. The highest BCUT2D eigenvalue weighted by Crippen LogP contribution is 2.14. The van der Waals surface area contributed by atoms with Gasteiger partial charge in [-0.25, -0.2) is 0 Å². The van der Waals surface area contributed by atoms with E-state index in [4.69, 9.17) is 5.11 Å². The standard InChI is InChI=1S/C34H60O2/c1-2-3-4-5-6-7-8-9-10-11-12-13-14-15-16-17-18-19-20-21-22-23-24-25-26-27-28-29-30-31-32-33-34(35)36/h6-7,9-10,12-13,15-16H,2-5,8,11,14,17-33H2,1H3,(H,35,36)/b7-6-,10-9-,13-12-,16-15-. The minimum atomic E-state index is -0.655. The van der Waals surface area contributed by atoms with Crippen LogP contribution in [0.1, 0.15) is 161 Å². The number of carbonyl (C=O) groups is 1. The van der Waals surface area contributed by atoms with Gasteiger partial charge in [-0.1, -0.05) is 152 Å². The summed E-state index contributed by atoms with van der Waals surface area (Å²) < 4.78 is 0. The Labute approximate surface area is 225 Å². The van der Waals surface area contributed by atoms with Gasteiger partial charge in [0.05, 0.1) is 0 Å². The second-order valence-corrected chi connectivity index (χ2v) is 10.3. The molecule has 0 aliphatic rings. The van der Waals surface area contributed by atoms with Crippen LogP contribution in [0.4, 0.5) is 0 Å². The van der Waals surface area contributed by atoms with Gasteiger partial charge in [-0.15, -0.1) is 0 Å². The predicted octanol–water partition coefficient (Wildman–Crippen LogP) is 11.7. The second-order valence-electron chi connectivity index (χ2n) is 10.3. The maximum Gasteiger partial charge on any atom is 0.303 e. The van der Waals surface area contributed by atoms with E-state index in [2.05, 4.69) is 55.5 Å². The molecule has 0 aliphatic carbocycles. The zero-order valence-electron chi connectivity index (χ0n) is 23.9. The molecule has 0 aromatic rings. The summed E-state index contributed by atoms with van der Waals surface area (Å²) in [6.45, 7) is 2.25. The molecule has 2 heteroatoms. The van der Waals surface area contributed by atoms with Gasteiger partial charge in [-0.05, 0) is 51.4 Å². The van der Waals surface area contributed by atoms with Crippen LogP contribution in [-0.2, 0) is 4.79 Å². The Balaban J connectivity index is 3.23. The molecule has 0 aliphatic heterocycles. The molecule has 0 radical (unpaired) electrons. The molecule has 0 atom stereocenters. The Kier molecular flexibility index (Phi) is 30.1. The van der Waals surface area contributed by atoms with Gasteiger partial charge in [-0.3, -0.25) is 4.79 Å². The Morgan fingerprint density at radius 3 is 1.11 bits per heavy atom. The molecule has 0 saturated heterocycles. The van der Waals surface area contributed by atoms with Gasteiger partial charge in [0.15, 0.2) is 0 Å². The van der Waals surface area contributed by atoms with E-state index < -0.39 is 5.97 Å². The first-order chi connectivity index (χ1) is 17.8. The highest BCUT2D eigenvalue weighted by Gasteiger charge is 1.97. The van der Waals surface area contributed by atoms with Gasteiger partial charge >= 0.3 is 5.97 Å². The van der Waals surface area contributed by atoms with Crippen LogP contribution in [0.5, 0.6) is 0 Å². The third kappa shape index (κ3) is 32.4. The molecule has 0 rings (SSSR count). The fourth-order valence-electron chi connectivity index (χ4n) is 4.40. The van der Waals surface area contributed by atoms with Gasteiger partial charge in [0.25, 0.3) is 0 Å². The fourth-order valence-corrected chi connectivity index (χ4v) is 4.40. The lowest BCUT2D eigenvalue weighted by Crippen LogP contribution is -1.93. The monoisotopic (exact) mass is 500 g/mol. The molecule has 36 heavy (non-hydrogen) atoms. The topological polar surface area (TPSA) is 37.3 Å². The van der Waals surface area contributed by atoms with E-state index in [1.54, 1.807) is 0 Å². The molecule has 0 aromatic heterocycles. The van der Waals surface area contributed by atoms with Gasteiger partial charge in [0.1, 0.15) is 0 Å². The maximum absolute atomic E-state index is 10.5. The summed E-state index contributed by atoms with van der Waals surface area (Å²) in [5.74, 6) is -0.655. The van der Waals surface area contributed by atoms with Gasteiger partial charge < -0.3 is 5.11 Å². The zero-order valence-corrected chi connectivity index (χ0v) is 23.9. The van der Waals surface area contributed by atoms with Crippen LogP contribution >= 0.6 is 0 Å². The van der Waals surface area contributed by atoms with Crippen LogP contribution in [-0.4, -0.2) is 11.1 Å². The van der Waals surface area contributed by atoms with Gasteiger partial charge in [0, 0.05) is 6.42 Å². The molecule has 0 unspecified atom stereocenters. The maximum atomic E-state index is 10.5. The van der Waals surface area contributed by atoms with Gasteiger partial charge in [0.2, 0.25) is 0 Å². The van der Waals surface area contributed by atoms with E-state index >= 15 is 0 Å². The number of hydrogen-bond donors (Lipinski definition) is 1. The van der Waals surface area contributed by atoms with Crippen molar-refractivity contribution in [3.8, 4) is 0 Å². The van der Waals surface area contributed by atoms with Crippen molar-refractivity contribution in [2.45, 2.75) is 161 Å². The zero-order chi connectivity index (χ0) is 26.2. The summed E-state index contributed by atoms with van der Waals surface area (Å²) in [7, 11) is 0.